The highest BCUT2D eigenvalue weighted by Crippen LogP contribution is 2.24. The van der Waals surface area contributed by atoms with Crippen molar-refractivity contribution in [3.63, 3.8) is 0 Å². The minimum atomic E-state index is -0.839. The van der Waals surface area contributed by atoms with E-state index in [1.807, 2.05) is 6.07 Å². The van der Waals surface area contributed by atoms with Crippen molar-refractivity contribution in [1.82, 2.24) is 0 Å². The Labute approximate surface area is 219 Å². The van der Waals surface area contributed by atoms with E-state index in [1.54, 1.807) is 38.1 Å². The third kappa shape index (κ3) is 9.91. The molecule has 36 heavy (non-hydrogen) atoms. The standard InChI is InChI=1S/C29H36ClNO5/c1-4-5-6-7-8-9-10-11-18-34-24-13-15-25(16-14-24)35-28(32)22-12-17-26(23(19-22)20-31)36-29(33)27(30)21(2)3/h12-17,19,21,27H,4-11,18H2,1-3H3. The lowest BCUT2D eigenvalue weighted by molar-refractivity contribution is -0.134. The Morgan fingerprint density at radius 1 is 0.889 bits per heavy atom. The number of halogens is 1. The third-order valence-corrected chi connectivity index (χ3v) is 6.34. The van der Waals surface area contributed by atoms with Crippen LogP contribution in [0.25, 0.3) is 0 Å². The van der Waals surface area contributed by atoms with E-state index in [4.69, 9.17) is 25.8 Å². The van der Waals surface area contributed by atoms with Crippen molar-refractivity contribution in [2.45, 2.75) is 77.5 Å². The van der Waals surface area contributed by atoms with Gasteiger partial charge in [0.05, 0.1) is 17.7 Å². The highest BCUT2D eigenvalue weighted by Gasteiger charge is 2.23. The van der Waals surface area contributed by atoms with Crippen LogP contribution in [0.2, 0.25) is 0 Å². The molecule has 0 N–H and O–H groups in total. The zero-order valence-electron chi connectivity index (χ0n) is 21.4. The predicted molar refractivity (Wildman–Crippen MR) is 141 cm³/mol. The van der Waals surface area contributed by atoms with Gasteiger partial charge in [0.15, 0.2) is 0 Å². The lowest BCUT2D eigenvalue weighted by Gasteiger charge is -2.13. The molecular formula is C29H36ClNO5. The minimum absolute atomic E-state index is 0.0372. The Hall–Kier alpha value is -3.04. The first-order valence-corrected chi connectivity index (χ1v) is 13.1. The first-order chi connectivity index (χ1) is 17.3. The fourth-order valence-corrected chi connectivity index (χ4v) is 3.51. The number of rotatable bonds is 15. The summed E-state index contributed by atoms with van der Waals surface area (Å²) < 4.78 is 16.4. The van der Waals surface area contributed by atoms with Crippen molar-refractivity contribution in [3.8, 4) is 23.3 Å². The molecule has 0 saturated carbocycles. The van der Waals surface area contributed by atoms with Crippen LogP contribution in [0.15, 0.2) is 42.5 Å². The lowest BCUT2D eigenvalue weighted by Crippen LogP contribution is -2.25. The molecule has 2 rings (SSSR count). The van der Waals surface area contributed by atoms with Gasteiger partial charge in [0.1, 0.15) is 28.7 Å². The molecule has 0 aliphatic heterocycles. The Balaban J connectivity index is 1.82. The Kier molecular flexibility index (Phi) is 12.9. The largest absolute Gasteiger partial charge is 0.494 e. The fraction of sp³-hybridized carbons (Fsp3) is 0.483. The van der Waals surface area contributed by atoms with Gasteiger partial charge in [0.25, 0.3) is 0 Å². The molecule has 0 spiro atoms. The van der Waals surface area contributed by atoms with Crippen LogP contribution >= 0.6 is 11.6 Å². The van der Waals surface area contributed by atoms with Gasteiger partial charge >= 0.3 is 11.9 Å². The number of benzene rings is 2. The molecule has 0 aliphatic rings. The van der Waals surface area contributed by atoms with E-state index < -0.39 is 17.3 Å². The molecule has 0 aliphatic carbocycles. The Morgan fingerprint density at radius 3 is 2.11 bits per heavy atom. The maximum atomic E-state index is 12.6. The first-order valence-electron chi connectivity index (χ1n) is 12.7. The fourth-order valence-electron chi connectivity index (χ4n) is 3.47. The summed E-state index contributed by atoms with van der Waals surface area (Å²) in [4.78, 5) is 24.7. The van der Waals surface area contributed by atoms with Crippen LogP contribution in [-0.2, 0) is 4.79 Å². The summed E-state index contributed by atoms with van der Waals surface area (Å²) in [5.41, 5.74) is 0.197. The molecule has 194 valence electrons. The maximum Gasteiger partial charge on any atom is 0.343 e. The third-order valence-electron chi connectivity index (χ3n) is 5.66. The number of nitrogens with zero attached hydrogens (tertiary/aromatic N) is 1. The molecule has 7 heteroatoms. The summed E-state index contributed by atoms with van der Waals surface area (Å²) in [5, 5.41) is 8.59. The second kappa shape index (κ2) is 15.9. The maximum absolute atomic E-state index is 12.6. The van der Waals surface area contributed by atoms with Crippen LogP contribution < -0.4 is 14.2 Å². The van der Waals surface area contributed by atoms with Crippen molar-refractivity contribution >= 4 is 23.5 Å². The summed E-state index contributed by atoms with van der Waals surface area (Å²) in [5.74, 6) is -0.285. The van der Waals surface area contributed by atoms with E-state index in [0.717, 1.165) is 18.6 Å². The average molecular weight is 514 g/mol. The summed E-state index contributed by atoms with van der Waals surface area (Å²) >= 11 is 6.02. The van der Waals surface area contributed by atoms with Crippen molar-refractivity contribution < 1.29 is 23.8 Å². The van der Waals surface area contributed by atoms with Gasteiger partial charge in [-0.05, 0) is 54.8 Å². The van der Waals surface area contributed by atoms with Crippen LogP contribution in [0.1, 0.15) is 88.1 Å². The summed E-state index contributed by atoms with van der Waals surface area (Å²) in [6.07, 6.45) is 9.95. The summed E-state index contributed by atoms with van der Waals surface area (Å²) in [7, 11) is 0. The average Bonchev–Trinajstić information content (AvgIpc) is 2.88. The monoisotopic (exact) mass is 513 g/mol. The molecular weight excluding hydrogens is 478 g/mol. The van der Waals surface area contributed by atoms with Crippen LogP contribution in [0.4, 0.5) is 0 Å². The molecule has 0 saturated heterocycles. The van der Waals surface area contributed by atoms with E-state index in [-0.39, 0.29) is 22.8 Å². The molecule has 0 aromatic heterocycles. The molecule has 0 fully saturated rings. The zero-order chi connectivity index (χ0) is 26.3. The highest BCUT2D eigenvalue weighted by molar-refractivity contribution is 6.30. The first kappa shape index (κ1) is 29.2. The number of esters is 2. The molecule has 6 nitrogen and oxygen atoms in total. The van der Waals surface area contributed by atoms with Crippen LogP contribution in [-0.4, -0.2) is 23.9 Å². The molecule has 1 unspecified atom stereocenters. The van der Waals surface area contributed by atoms with Gasteiger partial charge in [-0.1, -0.05) is 65.7 Å². The van der Waals surface area contributed by atoms with E-state index in [9.17, 15) is 14.9 Å². The van der Waals surface area contributed by atoms with E-state index >= 15 is 0 Å². The number of hydrogen-bond acceptors (Lipinski definition) is 6. The quantitative estimate of drug-likeness (QED) is 0.106. The zero-order valence-corrected chi connectivity index (χ0v) is 22.2. The number of carbonyl (C=O) groups is 2. The van der Waals surface area contributed by atoms with E-state index in [2.05, 4.69) is 6.92 Å². The number of hydrogen-bond donors (Lipinski definition) is 0. The number of nitriles is 1. The van der Waals surface area contributed by atoms with Gasteiger partial charge in [-0.15, -0.1) is 11.6 Å². The van der Waals surface area contributed by atoms with Gasteiger partial charge in [-0.25, -0.2) is 4.79 Å². The molecule has 0 bridgehead atoms. The normalized spacial score (nSPS) is 11.6. The minimum Gasteiger partial charge on any atom is -0.494 e. The van der Waals surface area contributed by atoms with Gasteiger partial charge in [0, 0.05) is 0 Å². The Morgan fingerprint density at radius 2 is 1.50 bits per heavy atom. The number of carbonyl (C=O) groups excluding carboxylic acids is 2. The SMILES string of the molecule is CCCCCCCCCCOc1ccc(OC(=O)c2ccc(OC(=O)C(Cl)C(C)C)c(C#N)c2)cc1. The predicted octanol–water partition coefficient (Wildman–Crippen LogP) is 7.47. The second-order valence-electron chi connectivity index (χ2n) is 9.07. The summed E-state index contributed by atoms with van der Waals surface area (Å²) in [6, 6.07) is 12.9. The molecule has 0 amide bonds. The smallest absolute Gasteiger partial charge is 0.343 e. The van der Waals surface area contributed by atoms with Gasteiger partial charge in [-0.2, -0.15) is 5.26 Å². The number of alkyl halides is 1. The van der Waals surface area contributed by atoms with Crippen molar-refractivity contribution in [3.05, 3.63) is 53.6 Å². The van der Waals surface area contributed by atoms with Gasteiger partial charge in [-0.3, -0.25) is 4.79 Å². The lowest BCUT2D eigenvalue weighted by atomic mass is 10.1. The number of unbranched alkanes of at least 4 members (excludes halogenated alkanes) is 7. The van der Waals surface area contributed by atoms with Gasteiger partial charge in [0.2, 0.25) is 0 Å². The highest BCUT2D eigenvalue weighted by atomic mass is 35.5. The van der Waals surface area contributed by atoms with Crippen molar-refractivity contribution in [2.75, 3.05) is 6.61 Å². The van der Waals surface area contributed by atoms with Crippen LogP contribution in [0, 0.1) is 17.2 Å². The van der Waals surface area contributed by atoms with Crippen molar-refractivity contribution in [1.29, 1.82) is 5.26 Å². The molecule has 0 heterocycles. The van der Waals surface area contributed by atoms with Gasteiger partial charge < -0.3 is 14.2 Å². The summed E-state index contributed by atoms with van der Waals surface area (Å²) in [6.45, 7) is 6.47. The van der Waals surface area contributed by atoms with Crippen LogP contribution in [0.5, 0.6) is 17.2 Å². The second-order valence-corrected chi connectivity index (χ2v) is 9.54. The molecule has 0 radical (unpaired) electrons. The Bertz CT molecular complexity index is 1010. The van der Waals surface area contributed by atoms with E-state index in [0.29, 0.717) is 12.4 Å². The van der Waals surface area contributed by atoms with Crippen LogP contribution in [0.3, 0.4) is 0 Å². The van der Waals surface area contributed by atoms with Crippen molar-refractivity contribution in [2.24, 2.45) is 5.92 Å². The molecule has 1 atom stereocenters. The molecule has 2 aromatic carbocycles. The topological polar surface area (TPSA) is 85.6 Å². The molecule has 2 aromatic rings. The number of ether oxygens (including phenoxy) is 3. The van der Waals surface area contributed by atoms with E-state index in [1.165, 1.54) is 56.7 Å².